The monoisotopic (exact) mass is 429 g/mol. The van der Waals surface area contributed by atoms with E-state index in [1.54, 1.807) is 30.5 Å². The molecule has 2 saturated heterocycles. The Morgan fingerprint density at radius 3 is 2.43 bits per heavy atom. The molecule has 0 radical (unpaired) electrons. The first-order chi connectivity index (χ1) is 14.5. The fraction of sp³-hybridized carbons (Fsp3) is 0.429. The number of hydrogen-bond donors (Lipinski definition) is 1. The molecule has 9 heteroatoms. The van der Waals surface area contributed by atoms with Gasteiger partial charge in [0.1, 0.15) is 5.82 Å². The highest BCUT2D eigenvalue weighted by Crippen LogP contribution is 2.23. The molecule has 30 heavy (non-hydrogen) atoms. The Bertz CT molecular complexity index is 969. The zero-order valence-electron chi connectivity index (χ0n) is 16.9. The number of aromatic nitrogens is 1. The van der Waals surface area contributed by atoms with Crippen molar-refractivity contribution < 1.29 is 13.2 Å². The largest absolute Gasteiger partial charge is 0.354 e. The molecule has 2 aromatic rings. The van der Waals surface area contributed by atoms with Gasteiger partial charge >= 0.3 is 0 Å². The summed E-state index contributed by atoms with van der Waals surface area (Å²) in [5, 5.41) is 2.85. The fourth-order valence-electron chi connectivity index (χ4n) is 3.89. The standard InChI is InChI=1S/C21H27N5O3S/c27-21(17-24-12-14-25(15-13-24)20-8-1-2-9-22-20)23-18-6-5-7-19(16-18)30(28,29)26-10-3-4-11-26/h1-2,5-9,16H,3-4,10-15,17H2,(H,23,27). The van der Waals surface area contributed by atoms with E-state index in [-0.39, 0.29) is 17.3 Å². The number of nitrogens with one attached hydrogen (secondary N) is 1. The summed E-state index contributed by atoms with van der Waals surface area (Å²) in [5.74, 6) is 0.814. The van der Waals surface area contributed by atoms with Gasteiger partial charge in [0.15, 0.2) is 0 Å². The maximum absolute atomic E-state index is 12.7. The second-order valence-electron chi connectivity index (χ2n) is 7.64. The minimum Gasteiger partial charge on any atom is -0.354 e. The molecule has 0 spiro atoms. The second kappa shape index (κ2) is 9.11. The topological polar surface area (TPSA) is 85.9 Å². The van der Waals surface area contributed by atoms with E-state index in [2.05, 4.69) is 20.1 Å². The number of amides is 1. The van der Waals surface area contributed by atoms with Crippen molar-refractivity contribution in [2.75, 3.05) is 56.0 Å². The summed E-state index contributed by atoms with van der Waals surface area (Å²) in [6.45, 7) is 4.56. The van der Waals surface area contributed by atoms with Crippen LogP contribution in [0.25, 0.3) is 0 Å². The zero-order chi connectivity index (χ0) is 21.0. The third-order valence-electron chi connectivity index (χ3n) is 5.53. The van der Waals surface area contributed by atoms with Crippen LogP contribution in [0.1, 0.15) is 12.8 Å². The molecule has 1 amide bonds. The predicted octanol–water partition coefficient (Wildman–Crippen LogP) is 1.63. The minimum absolute atomic E-state index is 0.142. The lowest BCUT2D eigenvalue weighted by Crippen LogP contribution is -2.48. The Morgan fingerprint density at radius 1 is 0.967 bits per heavy atom. The van der Waals surface area contributed by atoms with Crippen LogP contribution in [0.2, 0.25) is 0 Å². The van der Waals surface area contributed by atoms with E-state index in [1.165, 1.54) is 4.31 Å². The van der Waals surface area contributed by atoms with Crippen LogP contribution in [0.15, 0.2) is 53.6 Å². The molecule has 0 unspecified atom stereocenters. The number of hydrogen-bond acceptors (Lipinski definition) is 6. The van der Waals surface area contributed by atoms with Gasteiger partial charge < -0.3 is 10.2 Å². The van der Waals surface area contributed by atoms with E-state index in [9.17, 15) is 13.2 Å². The molecule has 8 nitrogen and oxygen atoms in total. The van der Waals surface area contributed by atoms with Crippen molar-refractivity contribution in [2.24, 2.45) is 0 Å². The average molecular weight is 430 g/mol. The van der Waals surface area contributed by atoms with Crippen LogP contribution in [0.5, 0.6) is 0 Å². The molecule has 160 valence electrons. The summed E-state index contributed by atoms with van der Waals surface area (Å²) in [7, 11) is -3.50. The van der Waals surface area contributed by atoms with Gasteiger partial charge in [0.05, 0.1) is 11.4 Å². The zero-order valence-corrected chi connectivity index (χ0v) is 17.7. The molecule has 3 heterocycles. The van der Waals surface area contributed by atoms with Crippen molar-refractivity contribution in [3.05, 3.63) is 48.7 Å². The van der Waals surface area contributed by atoms with Crippen molar-refractivity contribution in [1.82, 2.24) is 14.2 Å². The average Bonchev–Trinajstić information content (AvgIpc) is 3.31. The van der Waals surface area contributed by atoms with E-state index in [1.807, 2.05) is 18.2 Å². The fourth-order valence-corrected chi connectivity index (χ4v) is 5.45. The predicted molar refractivity (Wildman–Crippen MR) is 116 cm³/mol. The molecule has 0 saturated carbocycles. The van der Waals surface area contributed by atoms with E-state index in [0.29, 0.717) is 18.8 Å². The number of carbonyl (C=O) groups is 1. The molecule has 0 aliphatic carbocycles. The van der Waals surface area contributed by atoms with E-state index in [0.717, 1.165) is 44.8 Å². The first-order valence-corrected chi connectivity index (χ1v) is 11.7. The molecule has 0 bridgehead atoms. The number of piperazine rings is 1. The SMILES string of the molecule is O=C(CN1CCN(c2ccccn2)CC1)Nc1cccc(S(=O)(=O)N2CCCC2)c1. The van der Waals surface area contributed by atoms with Crippen molar-refractivity contribution in [1.29, 1.82) is 0 Å². The molecule has 4 rings (SSSR count). The van der Waals surface area contributed by atoms with E-state index < -0.39 is 10.0 Å². The van der Waals surface area contributed by atoms with Crippen molar-refractivity contribution in [3.63, 3.8) is 0 Å². The van der Waals surface area contributed by atoms with Crippen LogP contribution < -0.4 is 10.2 Å². The lowest BCUT2D eigenvalue weighted by Gasteiger charge is -2.34. The van der Waals surface area contributed by atoms with E-state index in [4.69, 9.17) is 0 Å². The number of carbonyl (C=O) groups excluding carboxylic acids is 1. The van der Waals surface area contributed by atoms with Crippen LogP contribution in [0.3, 0.4) is 0 Å². The molecule has 2 aliphatic heterocycles. The van der Waals surface area contributed by atoms with Crippen LogP contribution in [0, 0.1) is 0 Å². The molecule has 2 aliphatic rings. The normalized spacial score (nSPS) is 18.5. The van der Waals surface area contributed by atoms with Crippen molar-refractivity contribution in [3.8, 4) is 0 Å². The number of rotatable bonds is 6. The molecular formula is C21H27N5O3S. The Labute approximate surface area is 177 Å². The number of nitrogens with zero attached hydrogens (tertiary/aromatic N) is 4. The second-order valence-corrected chi connectivity index (χ2v) is 9.58. The third-order valence-corrected chi connectivity index (χ3v) is 7.43. The van der Waals surface area contributed by atoms with Gasteiger partial charge in [-0.2, -0.15) is 4.31 Å². The van der Waals surface area contributed by atoms with Gasteiger partial charge in [-0.15, -0.1) is 0 Å². The molecular weight excluding hydrogens is 402 g/mol. The Morgan fingerprint density at radius 2 is 1.73 bits per heavy atom. The summed E-state index contributed by atoms with van der Waals surface area (Å²) in [6.07, 6.45) is 3.57. The summed E-state index contributed by atoms with van der Waals surface area (Å²) in [4.78, 5) is 21.4. The van der Waals surface area contributed by atoms with Crippen molar-refractivity contribution in [2.45, 2.75) is 17.7 Å². The lowest BCUT2D eigenvalue weighted by molar-refractivity contribution is -0.117. The Balaban J connectivity index is 1.31. The molecule has 1 N–H and O–H groups in total. The third kappa shape index (κ3) is 4.80. The number of sulfonamides is 1. The number of pyridine rings is 1. The molecule has 1 aromatic heterocycles. The van der Waals surface area contributed by atoms with Gasteiger partial charge in [0, 0.05) is 51.2 Å². The molecule has 0 atom stereocenters. The Kier molecular flexibility index (Phi) is 6.31. The van der Waals surface area contributed by atoms with Crippen LogP contribution >= 0.6 is 0 Å². The lowest BCUT2D eigenvalue weighted by atomic mass is 10.3. The maximum atomic E-state index is 12.7. The van der Waals surface area contributed by atoms with Gasteiger partial charge in [-0.3, -0.25) is 9.69 Å². The Hall–Kier alpha value is -2.49. The first-order valence-electron chi connectivity index (χ1n) is 10.3. The van der Waals surface area contributed by atoms with Gasteiger partial charge in [0.2, 0.25) is 15.9 Å². The van der Waals surface area contributed by atoms with Gasteiger partial charge in [-0.05, 0) is 43.2 Å². The summed E-state index contributed by atoms with van der Waals surface area (Å²) in [6, 6.07) is 12.4. The van der Waals surface area contributed by atoms with Crippen LogP contribution in [-0.2, 0) is 14.8 Å². The quantitative estimate of drug-likeness (QED) is 0.751. The van der Waals surface area contributed by atoms with Crippen LogP contribution in [-0.4, -0.2) is 74.3 Å². The molecule has 2 fully saturated rings. The number of benzene rings is 1. The van der Waals surface area contributed by atoms with Gasteiger partial charge in [-0.25, -0.2) is 13.4 Å². The van der Waals surface area contributed by atoms with Crippen molar-refractivity contribution >= 4 is 27.4 Å². The molecule has 1 aromatic carbocycles. The maximum Gasteiger partial charge on any atom is 0.243 e. The highest BCUT2D eigenvalue weighted by atomic mass is 32.2. The first kappa shape index (κ1) is 20.8. The van der Waals surface area contributed by atoms with E-state index >= 15 is 0 Å². The summed E-state index contributed by atoms with van der Waals surface area (Å²) >= 11 is 0. The van der Waals surface area contributed by atoms with Gasteiger partial charge in [0.25, 0.3) is 0 Å². The minimum atomic E-state index is -3.50. The van der Waals surface area contributed by atoms with Crippen LogP contribution in [0.4, 0.5) is 11.5 Å². The highest BCUT2D eigenvalue weighted by Gasteiger charge is 2.27. The smallest absolute Gasteiger partial charge is 0.243 e. The highest BCUT2D eigenvalue weighted by molar-refractivity contribution is 7.89. The summed E-state index contributed by atoms with van der Waals surface area (Å²) in [5.41, 5.74) is 0.507. The van der Waals surface area contributed by atoms with Gasteiger partial charge in [-0.1, -0.05) is 12.1 Å². The number of anilines is 2. The summed E-state index contributed by atoms with van der Waals surface area (Å²) < 4.78 is 27.0.